The molecule has 0 bridgehead atoms. The molecule has 0 spiro atoms. The van der Waals surface area contributed by atoms with Gasteiger partial charge in [-0.05, 0) is 111 Å². The third kappa shape index (κ3) is 7.48. The highest BCUT2D eigenvalue weighted by Gasteiger charge is 2.54. The topological polar surface area (TPSA) is 40.5 Å². The van der Waals surface area contributed by atoms with Gasteiger partial charge in [-0.15, -0.1) is 12.8 Å². The number of halogens is 1. The van der Waals surface area contributed by atoms with Crippen molar-refractivity contribution in [1.82, 2.24) is 0 Å². The number of hydrogen-bond acceptors (Lipinski definition) is 2. The van der Waals surface area contributed by atoms with Gasteiger partial charge in [0.05, 0.1) is 6.10 Å². The van der Waals surface area contributed by atoms with Crippen molar-refractivity contribution in [1.29, 1.82) is 0 Å². The zero-order valence-corrected chi connectivity index (χ0v) is 22.4. The van der Waals surface area contributed by atoms with Gasteiger partial charge in [0.1, 0.15) is 11.4 Å². The Morgan fingerprint density at radius 3 is 2.15 bits per heavy atom. The third-order valence-corrected chi connectivity index (χ3v) is 7.61. The summed E-state index contributed by atoms with van der Waals surface area (Å²) in [7, 11) is 0. The van der Waals surface area contributed by atoms with Crippen molar-refractivity contribution in [3.8, 4) is 18.6 Å². The van der Waals surface area contributed by atoms with E-state index in [0.717, 1.165) is 25.2 Å². The van der Waals surface area contributed by atoms with E-state index in [1.165, 1.54) is 30.4 Å². The molecule has 0 heterocycles. The molecule has 2 saturated carbocycles. The number of aryl methyl sites for hydroxylation is 1. The van der Waals surface area contributed by atoms with Gasteiger partial charge in [-0.3, -0.25) is 0 Å². The first-order valence-corrected chi connectivity index (χ1v) is 12.8. The van der Waals surface area contributed by atoms with E-state index in [1.807, 2.05) is 46.8 Å². The molecular formula is C30H49FO2. The molecule has 2 N–H and O–H groups in total. The second-order valence-electron chi connectivity index (χ2n) is 11.9. The zero-order chi connectivity index (χ0) is 25.6. The van der Waals surface area contributed by atoms with Crippen LogP contribution >= 0.6 is 0 Å². The number of alkyl halides is 1. The highest BCUT2D eigenvalue weighted by atomic mass is 19.1. The van der Waals surface area contributed by atoms with Gasteiger partial charge in [-0.25, -0.2) is 4.39 Å². The van der Waals surface area contributed by atoms with Crippen molar-refractivity contribution in [2.24, 2.45) is 22.7 Å². The van der Waals surface area contributed by atoms with E-state index in [2.05, 4.69) is 25.8 Å². The lowest BCUT2D eigenvalue weighted by Gasteiger charge is -2.50. The summed E-state index contributed by atoms with van der Waals surface area (Å²) in [6, 6.07) is 5.96. The number of fused-ring (bicyclic) bond motifs is 5. The van der Waals surface area contributed by atoms with Gasteiger partial charge in [0.15, 0.2) is 0 Å². The summed E-state index contributed by atoms with van der Waals surface area (Å²) in [4.78, 5) is 0. The fourth-order valence-electron chi connectivity index (χ4n) is 6.80. The number of terminal acetylenes is 1. The monoisotopic (exact) mass is 460 g/mol. The maximum atomic E-state index is 12.9. The summed E-state index contributed by atoms with van der Waals surface area (Å²) in [6.07, 6.45) is 15.4. The standard InChI is InChI=1S/C18H24O2.C8H17F.C2H6.C2H2/c1-18-9-8-14-13-5-3-12(19)10-11(13)2-4-15(14)16(18)6-7-17(18)20;1-7(2,3)6-8(4,5)9;2*1-2/h3,5,10,14-17,19-20H,2,4,6-9H2,1H3;6H2,1-5H3;1-2H3;1-2H/t14?,15?,16?,17-,18-;;;/m0.../s1. The minimum atomic E-state index is -1.02. The van der Waals surface area contributed by atoms with Gasteiger partial charge in [-0.1, -0.05) is 47.6 Å². The summed E-state index contributed by atoms with van der Waals surface area (Å²) < 4.78 is 12.9. The van der Waals surface area contributed by atoms with Crippen LogP contribution in [0.4, 0.5) is 4.39 Å². The average molecular weight is 461 g/mol. The van der Waals surface area contributed by atoms with Gasteiger partial charge < -0.3 is 10.2 Å². The molecule has 0 aliphatic heterocycles. The van der Waals surface area contributed by atoms with Crippen LogP contribution in [0.25, 0.3) is 0 Å². The number of aliphatic hydroxyl groups excluding tert-OH is 1. The molecule has 5 atom stereocenters. The molecule has 0 radical (unpaired) electrons. The van der Waals surface area contributed by atoms with Crippen molar-refractivity contribution in [2.45, 2.75) is 118 Å². The number of phenols is 1. The Kier molecular flexibility index (Phi) is 10.5. The van der Waals surface area contributed by atoms with Crippen LogP contribution in [0, 0.1) is 35.5 Å². The molecule has 0 saturated heterocycles. The average Bonchev–Trinajstić information content (AvgIpc) is 3.03. The number of rotatable bonds is 1. The molecule has 4 rings (SSSR count). The van der Waals surface area contributed by atoms with Crippen LogP contribution in [0.3, 0.4) is 0 Å². The summed E-state index contributed by atoms with van der Waals surface area (Å²) >= 11 is 0. The van der Waals surface area contributed by atoms with E-state index in [-0.39, 0.29) is 16.9 Å². The second-order valence-corrected chi connectivity index (χ2v) is 11.9. The molecule has 1 aromatic rings. The first kappa shape index (κ1) is 29.5. The number of aromatic hydroxyl groups is 1. The highest BCUT2D eigenvalue weighted by Crippen LogP contribution is 2.60. The first-order valence-electron chi connectivity index (χ1n) is 12.8. The summed E-state index contributed by atoms with van der Waals surface area (Å²) in [5, 5.41) is 20.0. The largest absolute Gasteiger partial charge is 0.508 e. The quantitative estimate of drug-likeness (QED) is 0.416. The van der Waals surface area contributed by atoms with Gasteiger partial charge in [0, 0.05) is 0 Å². The lowest BCUT2D eigenvalue weighted by molar-refractivity contribution is -0.0226. The van der Waals surface area contributed by atoms with E-state index < -0.39 is 5.67 Å². The molecule has 2 nitrogen and oxygen atoms in total. The van der Waals surface area contributed by atoms with Gasteiger partial charge >= 0.3 is 0 Å². The van der Waals surface area contributed by atoms with E-state index in [1.54, 1.807) is 13.8 Å². The molecule has 3 aliphatic rings. The Bertz CT molecular complexity index is 743. The van der Waals surface area contributed by atoms with E-state index >= 15 is 0 Å². The Labute approximate surface area is 203 Å². The van der Waals surface area contributed by atoms with E-state index in [0.29, 0.717) is 24.0 Å². The van der Waals surface area contributed by atoms with Crippen LogP contribution < -0.4 is 0 Å². The molecule has 188 valence electrons. The van der Waals surface area contributed by atoms with Crippen LogP contribution in [-0.4, -0.2) is 22.0 Å². The Hall–Kier alpha value is -1.53. The van der Waals surface area contributed by atoms with Crippen molar-refractivity contribution >= 4 is 0 Å². The minimum Gasteiger partial charge on any atom is -0.508 e. The van der Waals surface area contributed by atoms with E-state index in [4.69, 9.17) is 0 Å². The molecule has 0 aromatic heterocycles. The Morgan fingerprint density at radius 1 is 1.03 bits per heavy atom. The lowest BCUT2D eigenvalue weighted by atomic mass is 9.55. The van der Waals surface area contributed by atoms with Crippen molar-refractivity contribution < 1.29 is 14.6 Å². The maximum Gasteiger partial charge on any atom is 0.115 e. The number of benzene rings is 1. The van der Waals surface area contributed by atoms with Crippen molar-refractivity contribution in [2.75, 3.05) is 0 Å². The SMILES string of the molecule is C#C.CC.CC(C)(C)CC(C)(C)F.C[C@]12CCC3c4ccc(O)cc4CCC3C1CC[C@@H]2O. The van der Waals surface area contributed by atoms with Gasteiger partial charge in [0.25, 0.3) is 0 Å². The van der Waals surface area contributed by atoms with E-state index in [9.17, 15) is 14.6 Å². The number of hydrogen-bond donors (Lipinski definition) is 2. The molecule has 2 fully saturated rings. The highest BCUT2D eigenvalue weighted by molar-refractivity contribution is 5.40. The Morgan fingerprint density at radius 2 is 1.64 bits per heavy atom. The first-order chi connectivity index (χ1) is 15.3. The molecule has 3 heteroatoms. The predicted molar refractivity (Wildman–Crippen MR) is 139 cm³/mol. The van der Waals surface area contributed by atoms with Crippen molar-refractivity contribution in [3.63, 3.8) is 0 Å². The number of phenolic OH excluding ortho intramolecular Hbond substituents is 1. The zero-order valence-electron chi connectivity index (χ0n) is 22.4. The molecule has 3 aliphatic carbocycles. The number of aliphatic hydroxyl groups is 1. The minimum absolute atomic E-state index is 0.0883. The molecule has 33 heavy (non-hydrogen) atoms. The van der Waals surface area contributed by atoms with Crippen molar-refractivity contribution in [3.05, 3.63) is 29.3 Å². The summed E-state index contributed by atoms with van der Waals surface area (Å²) in [5.41, 5.74) is 2.09. The molecule has 1 aromatic carbocycles. The van der Waals surface area contributed by atoms with Gasteiger partial charge in [0.2, 0.25) is 0 Å². The normalized spacial score (nSPS) is 29.9. The Balaban J connectivity index is 0.000000358. The van der Waals surface area contributed by atoms with Crippen LogP contribution in [-0.2, 0) is 6.42 Å². The van der Waals surface area contributed by atoms with Crippen LogP contribution in [0.5, 0.6) is 5.75 Å². The van der Waals surface area contributed by atoms with Gasteiger partial charge in [-0.2, -0.15) is 0 Å². The summed E-state index contributed by atoms with van der Waals surface area (Å²) in [5.74, 6) is 2.49. The third-order valence-electron chi connectivity index (χ3n) is 7.61. The fraction of sp³-hybridized carbons (Fsp3) is 0.733. The smallest absolute Gasteiger partial charge is 0.115 e. The molecular weight excluding hydrogens is 411 g/mol. The predicted octanol–water partition coefficient (Wildman–Crippen LogP) is 8.06. The van der Waals surface area contributed by atoms with Crippen LogP contribution in [0.15, 0.2) is 18.2 Å². The fourth-order valence-corrected chi connectivity index (χ4v) is 6.80. The summed E-state index contributed by atoms with van der Waals surface area (Å²) in [6.45, 7) is 15.7. The lowest BCUT2D eigenvalue weighted by Crippen LogP contribution is -2.43. The van der Waals surface area contributed by atoms with Crippen LogP contribution in [0.2, 0.25) is 0 Å². The van der Waals surface area contributed by atoms with Crippen LogP contribution in [0.1, 0.15) is 111 Å². The molecule has 0 amide bonds. The second kappa shape index (κ2) is 11.7. The maximum absolute atomic E-state index is 12.9. The molecule has 3 unspecified atom stereocenters.